The SMILES string of the molecule is CC(C)C(C)C(=O)N1CC(=O)NC(=O)C1C. The van der Waals surface area contributed by atoms with Gasteiger partial charge in [0.1, 0.15) is 12.6 Å². The van der Waals surface area contributed by atoms with E-state index in [1.807, 2.05) is 20.8 Å². The summed E-state index contributed by atoms with van der Waals surface area (Å²) in [6, 6.07) is -0.564. The van der Waals surface area contributed by atoms with Crippen LogP contribution in [-0.4, -0.2) is 35.2 Å². The molecule has 0 radical (unpaired) electrons. The van der Waals surface area contributed by atoms with Gasteiger partial charge in [-0.05, 0) is 12.8 Å². The molecule has 1 heterocycles. The molecule has 1 aliphatic rings. The molecule has 0 aliphatic carbocycles. The molecule has 1 saturated heterocycles. The number of rotatable bonds is 2. The zero-order valence-corrected chi connectivity index (χ0v) is 10.1. The van der Waals surface area contributed by atoms with Crippen molar-refractivity contribution in [3.05, 3.63) is 0 Å². The van der Waals surface area contributed by atoms with Gasteiger partial charge in [-0.1, -0.05) is 20.8 Å². The molecule has 2 atom stereocenters. The molecule has 5 heteroatoms. The van der Waals surface area contributed by atoms with Gasteiger partial charge in [0, 0.05) is 5.92 Å². The summed E-state index contributed by atoms with van der Waals surface area (Å²) in [5.41, 5.74) is 0. The van der Waals surface area contributed by atoms with Crippen LogP contribution in [0.15, 0.2) is 0 Å². The maximum absolute atomic E-state index is 12.0. The zero-order valence-electron chi connectivity index (χ0n) is 10.1. The third kappa shape index (κ3) is 2.40. The third-order valence-corrected chi connectivity index (χ3v) is 3.10. The largest absolute Gasteiger partial charge is 0.321 e. The molecule has 0 saturated carbocycles. The summed E-state index contributed by atoms with van der Waals surface area (Å²) in [6.07, 6.45) is 0. The van der Waals surface area contributed by atoms with Crippen molar-refractivity contribution in [2.75, 3.05) is 6.54 Å². The van der Waals surface area contributed by atoms with Crippen molar-refractivity contribution in [1.29, 1.82) is 0 Å². The number of nitrogens with one attached hydrogen (secondary N) is 1. The van der Waals surface area contributed by atoms with Gasteiger partial charge in [-0.3, -0.25) is 19.7 Å². The van der Waals surface area contributed by atoms with E-state index in [0.29, 0.717) is 0 Å². The van der Waals surface area contributed by atoms with Crippen LogP contribution in [-0.2, 0) is 14.4 Å². The molecule has 2 unspecified atom stereocenters. The summed E-state index contributed by atoms with van der Waals surface area (Å²) in [7, 11) is 0. The van der Waals surface area contributed by atoms with Crippen molar-refractivity contribution in [2.24, 2.45) is 11.8 Å². The van der Waals surface area contributed by atoms with Gasteiger partial charge in [-0.2, -0.15) is 0 Å². The van der Waals surface area contributed by atoms with Crippen molar-refractivity contribution in [1.82, 2.24) is 10.2 Å². The van der Waals surface area contributed by atoms with Gasteiger partial charge < -0.3 is 4.90 Å². The van der Waals surface area contributed by atoms with E-state index in [4.69, 9.17) is 0 Å². The molecule has 16 heavy (non-hydrogen) atoms. The molecule has 1 aliphatic heterocycles. The zero-order chi connectivity index (χ0) is 12.5. The standard InChI is InChI=1S/C11H18N2O3/c1-6(2)7(3)11(16)13-5-9(14)12-10(15)8(13)4/h6-8H,5H2,1-4H3,(H,12,14,15). The Hall–Kier alpha value is -1.39. The van der Waals surface area contributed by atoms with Crippen LogP contribution >= 0.6 is 0 Å². The van der Waals surface area contributed by atoms with E-state index in [0.717, 1.165) is 0 Å². The third-order valence-electron chi connectivity index (χ3n) is 3.10. The highest BCUT2D eigenvalue weighted by molar-refractivity contribution is 6.04. The molecule has 1 fully saturated rings. The molecule has 5 nitrogen and oxygen atoms in total. The minimum absolute atomic E-state index is 0.0250. The van der Waals surface area contributed by atoms with E-state index in [1.165, 1.54) is 4.90 Å². The Balaban J connectivity index is 2.82. The van der Waals surface area contributed by atoms with Gasteiger partial charge >= 0.3 is 0 Å². The molecule has 3 amide bonds. The second-order valence-electron chi connectivity index (χ2n) is 4.59. The number of carbonyl (C=O) groups is 3. The molecule has 0 bridgehead atoms. The summed E-state index contributed by atoms with van der Waals surface area (Å²) in [5, 5.41) is 2.21. The predicted octanol–water partition coefficient (Wildman–Crippen LogP) is 0.152. The van der Waals surface area contributed by atoms with Crippen molar-refractivity contribution >= 4 is 17.7 Å². The fourth-order valence-electron chi connectivity index (χ4n) is 1.53. The Morgan fingerprint density at radius 2 is 1.94 bits per heavy atom. The maximum Gasteiger partial charge on any atom is 0.249 e. The minimum atomic E-state index is -0.564. The fraction of sp³-hybridized carbons (Fsp3) is 0.727. The summed E-state index contributed by atoms with van der Waals surface area (Å²) in [6.45, 7) is 7.31. The number of carbonyl (C=O) groups excluding carboxylic acids is 3. The first kappa shape index (κ1) is 12.7. The molecule has 0 aromatic carbocycles. The highest BCUT2D eigenvalue weighted by Gasteiger charge is 2.35. The van der Waals surface area contributed by atoms with Crippen LogP contribution in [0.2, 0.25) is 0 Å². The quantitative estimate of drug-likeness (QED) is 0.682. The fourth-order valence-corrected chi connectivity index (χ4v) is 1.53. The molecular formula is C11H18N2O3. The van der Waals surface area contributed by atoms with Crippen LogP contribution in [0.1, 0.15) is 27.7 Å². The van der Waals surface area contributed by atoms with Crippen LogP contribution in [0.5, 0.6) is 0 Å². The highest BCUT2D eigenvalue weighted by atomic mass is 16.2. The molecule has 1 N–H and O–H groups in total. The van der Waals surface area contributed by atoms with Crippen LogP contribution in [0, 0.1) is 11.8 Å². The minimum Gasteiger partial charge on any atom is -0.321 e. The lowest BCUT2D eigenvalue weighted by molar-refractivity contribution is -0.152. The number of hydrogen-bond acceptors (Lipinski definition) is 3. The lowest BCUT2D eigenvalue weighted by atomic mass is 9.95. The summed E-state index contributed by atoms with van der Waals surface area (Å²) in [5.74, 6) is -0.931. The molecule has 0 aromatic heterocycles. The van der Waals surface area contributed by atoms with E-state index in [-0.39, 0.29) is 24.3 Å². The van der Waals surface area contributed by atoms with Crippen molar-refractivity contribution in [3.8, 4) is 0 Å². The first-order chi connectivity index (χ1) is 7.34. The van der Waals surface area contributed by atoms with Gasteiger partial charge in [0.2, 0.25) is 17.7 Å². The van der Waals surface area contributed by atoms with Crippen LogP contribution < -0.4 is 5.32 Å². The van der Waals surface area contributed by atoms with E-state index in [1.54, 1.807) is 6.92 Å². The van der Waals surface area contributed by atoms with Crippen molar-refractivity contribution in [2.45, 2.75) is 33.7 Å². The van der Waals surface area contributed by atoms with Gasteiger partial charge in [-0.25, -0.2) is 0 Å². The van der Waals surface area contributed by atoms with Crippen molar-refractivity contribution < 1.29 is 14.4 Å². The maximum atomic E-state index is 12.0. The second-order valence-corrected chi connectivity index (χ2v) is 4.59. The van der Waals surface area contributed by atoms with Crippen LogP contribution in [0.4, 0.5) is 0 Å². The number of hydrogen-bond donors (Lipinski definition) is 1. The number of imide groups is 1. The highest BCUT2D eigenvalue weighted by Crippen LogP contribution is 2.16. The van der Waals surface area contributed by atoms with Crippen molar-refractivity contribution in [3.63, 3.8) is 0 Å². The van der Waals surface area contributed by atoms with Crippen LogP contribution in [0.3, 0.4) is 0 Å². The van der Waals surface area contributed by atoms with E-state index >= 15 is 0 Å². The predicted molar refractivity (Wildman–Crippen MR) is 58.3 cm³/mol. The normalized spacial score (nSPS) is 23.3. The first-order valence-corrected chi connectivity index (χ1v) is 5.48. The van der Waals surface area contributed by atoms with Gasteiger partial charge in [0.15, 0.2) is 0 Å². The molecule has 0 spiro atoms. The molecule has 90 valence electrons. The molecular weight excluding hydrogens is 208 g/mol. The number of amides is 3. The van der Waals surface area contributed by atoms with Crippen LogP contribution in [0.25, 0.3) is 0 Å². The van der Waals surface area contributed by atoms with Gasteiger partial charge in [0.05, 0.1) is 0 Å². The Morgan fingerprint density at radius 3 is 2.44 bits per heavy atom. The first-order valence-electron chi connectivity index (χ1n) is 5.48. The summed E-state index contributed by atoms with van der Waals surface area (Å²) in [4.78, 5) is 36.0. The Morgan fingerprint density at radius 1 is 1.38 bits per heavy atom. The van der Waals surface area contributed by atoms with E-state index < -0.39 is 17.9 Å². The summed E-state index contributed by atoms with van der Waals surface area (Å²) < 4.78 is 0. The Bertz CT molecular complexity index is 325. The molecule has 0 aromatic rings. The molecule has 1 rings (SSSR count). The Labute approximate surface area is 95.2 Å². The number of nitrogens with zero attached hydrogens (tertiary/aromatic N) is 1. The monoisotopic (exact) mass is 226 g/mol. The van der Waals surface area contributed by atoms with E-state index in [2.05, 4.69) is 5.32 Å². The van der Waals surface area contributed by atoms with Gasteiger partial charge in [0.25, 0.3) is 0 Å². The summed E-state index contributed by atoms with van der Waals surface area (Å²) >= 11 is 0. The Kier molecular flexibility index (Phi) is 3.67. The van der Waals surface area contributed by atoms with Gasteiger partial charge in [-0.15, -0.1) is 0 Å². The number of piperazine rings is 1. The topological polar surface area (TPSA) is 66.5 Å². The lowest BCUT2D eigenvalue weighted by Crippen LogP contribution is -2.59. The average molecular weight is 226 g/mol. The smallest absolute Gasteiger partial charge is 0.249 e. The second kappa shape index (κ2) is 4.63. The lowest BCUT2D eigenvalue weighted by Gasteiger charge is -2.34. The van der Waals surface area contributed by atoms with E-state index in [9.17, 15) is 14.4 Å². The average Bonchev–Trinajstić information content (AvgIpc) is 2.21.